The highest BCUT2D eigenvalue weighted by Gasteiger charge is 2.18. The van der Waals surface area contributed by atoms with Crippen LogP contribution in [0.5, 0.6) is 11.5 Å². The van der Waals surface area contributed by atoms with Gasteiger partial charge in [-0.3, -0.25) is 4.72 Å². The predicted molar refractivity (Wildman–Crippen MR) is 91.1 cm³/mol. The molecule has 1 N–H and O–H groups in total. The van der Waals surface area contributed by atoms with Crippen LogP contribution in [0.2, 0.25) is 0 Å². The molecule has 0 unspecified atom stereocenters. The topological polar surface area (TPSA) is 82.4 Å². The van der Waals surface area contributed by atoms with Crippen LogP contribution in [0.15, 0.2) is 47.6 Å². The maximum Gasteiger partial charge on any atom is 0.262 e. The van der Waals surface area contributed by atoms with Crippen LogP contribution in [-0.2, 0) is 17.1 Å². The molecule has 126 valence electrons. The van der Waals surface area contributed by atoms with E-state index < -0.39 is 10.0 Å². The predicted octanol–water partition coefficient (Wildman–Crippen LogP) is 2.39. The summed E-state index contributed by atoms with van der Waals surface area (Å²) in [6.45, 7) is 0. The van der Waals surface area contributed by atoms with Crippen LogP contribution in [0, 0.1) is 0 Å². The third-order valence-corrected chi connectivity index (χ3v) is 5.02. The highest BCUT2D eigenvalue weighted by molar-refractivity contribution is 7.92. The van der Waals surface area contributed by atoms with Gasteiger partial charge in [0, 0.05) is 13.1 Å². The summed E-state index contributed by atoms with van der Waals surface area (Å²) in [5, 5.41) is 0. The number of anilines is 1. The van der Waals surface area contributed by atoms with E-state index in [1.807, 2.05) is 11.6 Å². The largest absolute Gasteiger partial charge is 0.497 e. The zero-order chi connectivity index (χ0) is 17.3. The number of benzene rings is 2. The third kappa shape index (κ3) is 2.88. The average Bonchev–Trinajstić information content (AvgIpc) is 2.95. The van der Waals surface area contributed by atoms with Crippen molar-refractivity contribution in [2.24, 2.45) is 7.05 Å². The first-order chi connectivity index (χ1) is 11.4. The molecule has 1 aromatic heterocycles. The van der Waals surface area contributed by atoms with Crippen molar-refractivity contribution in [1.82, 2.24) is 9.55 Å². The lowest BCUT2D eigenvalue weighted by Gasteiger charge is -2.13. The molecule has 0 fully saturated rings. The summed E-state index contributed by atoms with van der Waals surface area (Å²) in [7, 11) is 1.04. The van der Waals surface area contributed by atoms with Gasteiger partial charge in [-0.15, -0.1) is 0 Å². The molecule has 0 aliphatic heterocycles. The molecule has 2 aromatic carbocycles. The van der Waals surface area contributed by atoms with E-state index in [2.05, 4.69) is 9.71 Å². The highest BCUT2D eigenvalue weighted by Crippen LogP contribution is 2.31. The number of hydrogen-bond donors (Lipinski definition) is 1. The van der Waals surface area contributed by atoms with Crippen molar-refractivity contribution in [3.05, 3.63) is 42.7 Å². The summed E-state index contributed by atoms with van der Waals surface area (Å²) in [5.74, 6) is 0.923. The number of aromatic nitrogens is 2. The zero-order valence-electron chi connectivity index (χ0n) is 13.5. The van der Waals surface area contributed by atoms with E-state index in [1.54, 1.807) is 36.7 Å². The molecular weight excluding hydrogens is 330 g/mol. The lowest BCUT2D eigenvalue weighted by molar-refractivity contribution is 0.405. The van der Waals surface area contributed by atoms with Gasteiger partial charge in [-0.05, 0) is 30.3 Å². The number of ether oxygens (including phenoxy) is 2. The zero-order valence-corrected chi connectivity index (χ0v) is 14.3. The van der Waals surface area contributed by atoms with Gasteiger partial charge in [0.2, 0.25) is 0 Å². The van der Waals surface area contributed by atoms with E-state index in [0.29, 0.717) is 22.7 Å². The van der Waals surface area contributed by atoms with E-state index in [1.165, 1.54) is 20.3 Å². The van der Waals surface area contributed by atoms with E-state index in [4.69, 9.17) is 9.47 Å². The molecule has 0 spiro atoms. The van der Waals surface area contributed by atoms with Crippen LogP contribution in [-0.4, -0.2) is 32.2 Å². The van der Waals surface area contributed by atoms with Gasteiger partial charge < -0.3 is 14.0 Å². The minimum atomic E-state index is -3.79. The molecule has 1 heterocycles. The van der Waals surface area contributed by atoms with Gasteiger partial charge in [0.15, 0.2) is 0 Å². The molecule has 0 saturated carbocycles. The van der Waals surface area contributed by atoms with E-state index in [0.717, 1.165) is 5.52 Å². The number of fused-ring (bicyclic) bond motifs is 1. The van der Waals surface area contributed by atoms with Gasteiger partial charge in [-0.1, -0.05) is 0 Å². The summed E-state index contributed by atoms with van der Waals surface area (Å²) in [4.78, 5) is 4.31. The van der Waals surface area contributed by atoms with Crippen LogP contribution in [0.4, 0.5) is 5.69 Å². The molecule has 0 aliphatic carbocycles. The Bertz CT molecular complexity index is 996. The highest BCUT2D eigenvalue weighted by atomic mass is 32.2. The Morgan fingerprint density at radius 3 is 2.58 bits per heavy atom. The Balaban J connectivity index is 2.01. The normalized spacial score (nSPS) is 11.5. The van der Waals surface area contributed by atoms with E-state index in [9.17, 15) is 8.42 Å². The Morgan fingerprint density at radius 1 is 1.08 bits per heavy atom. The average molecular weight is 347 g/mol. The maximum atomic E-state index is 12.7. The Labute approximate surface area is 139 Å². The van der Waals surface area contributed by atoms with Crippen molar-refractivity contribution < 1.29 is 17.9 Å². The maximum absolute atomic E-state index is 12.7. The quantitative estimate of drug-likeness (QED) is 0.766. The fourth-order valence-electron chi connectivity index (χ4n) is 2.38. The number of rotatable bonds is 5. The standard InChI is InChI=1S/C16H17N3O4S/c1-19-10-17-13-9-12(5-6-15(13)19)24(20,21)18-14-8-11(22-2)4-7-16(14)23-3/h4-10,18H,1-3H3. The molecule has 8 heteroatoms. The summed E-state index contributed by atoms with van der Waals surface area (Å²) >= 11 is 0. The SMILES string of the molecule is COc1ccc(OC)c(NS(=O)(=O)c2ccc3c(c2)ncn3C)c1. The fraction of sp³-hybridized carbons (Fsp3) is 0.188. The Morgan fingerprint density at radius 2 is 1.88 bits per heavy atom. The first-order valence-corrected chi connectivity index (χ1v) is 8.59. The molecular formula is C16H17N3O4S. The van der Waals surface area contributed by atoms with Crippen molar-refractivity contribution in [2.75, 3.05) is 18.9 Å². The van der Waals surface area contributed by atoms with E-state index >= 15 is 0 Å². The van der Waals surface area contributed by atoms with Crippen LogP contribution < -0.4 is 14.2 Å². The number of nitrogens with zero attached hydrogens (tertiary/aromatic N) is 2. The fourth-order valence-corrected chi connectivity index (χ4v) is 3.46. The molecule has 24 heavy (non-hydrogen) atoms. The summed E-state index contributed by atoms with van der Waals surface area (Å²) < 4.78 is 40.0. The van der Waals surface area contributed by atoms with Crippen molar-refractivity contribution in [3.63, 3.8) is 0 Å². The summed E-state index contributed by atoms with van der Waals surface area (Å²) in [6.07, 6.45) is 1.64. The van der Waals surface area contributed by atoms with E-state index in [-0.39, 0.29) is 4.90 Å². The Kier molecular flexibility index (Phi) is 4.06. The monoisotopic (exact) mass is 347 g/mol. The summed E-state index contributed by atoms with van der Waals surface area (Å²) in [6, 6.07) is 9.69. The second-order valence-electron chi connectivity index (χ2n) is 5.18. The number of methoxy groups -OCH3 is 2. The first kappa shape index (κ1) is 16.1. The van der Waals surface area contributed by atoms with Crippen LogP contribution in [0.1, 0.15) is 0 Å². The number of nitrogens with one attached hydrogen (secondary N) is 1. The second kappa shape index (κ2) is 6.04. The minimum absolute atomic E-state index is 0.124. The first-order valence-electron chi connectivity index (χ1n) is 7.10. The van der Waals surface area contributed by atoms with Crippen molar-refractivity contribution in [2.45, 2.75) is 4.90 Å². The minimum Gasteiger partial charge on any atom is -0.497 e. The van der Waals surface area contributed by atoms with Crippen LogP contribution >= 0.6 is 0 Å². The number of aryl methyl sites for hydroxylation is 1. The lowest BCUT2D eigenvalue weighted by Crippen LogP contribution is -2.13. The molecule has 0 amide bonds. The molecule has 0 atom stereocenters. The van der Waals surface area contributed by atoms with Crippen molar-refractivity contribution in [3.8, 4) is 11.5 Å². The van der Waals surface area contributed by atoms with Crippen molar-refractivity contribution >= 4 is 26.7 Å². The lowest BCUT2D eigenvalue weighted by atomic mass is 10.3. The molecule has 7 nitrogen and oxygen atoms in total. The van der Waals surface area contributed by atoms with Crippen LogP contribution in [0.25, 0.3) is 11.0 Å². The smallest absolute Gasteiger partial charge is 0.262 e. The van der Waals surface area contributed by atoms with Crippen LogP contribution in [0.3, 0.4) is 0 Å². The number of hydrogen-bond acceptors (Lipinski definition) is 5. The number of sulfonamides is 1. The second-order valence-corrected chi connectivity index (χ2v) is 6.86. The van der Waals surface area contributed by atoms with Gasteiger partial charge in [-0.2, -0.15) is 0 Å². The van der Waals surface area contributed by atoms with Gasteiger partial charge in [0.05, 0.1) is 42.2 Å². The Hall–Kier alpha value is -2.74. The molecule has 0 radical (unpaired) electrons. The molecule has 3 rings (SSSR count). The van der Waals surface area contributed by atoms with Gasteiger partial charge in [-0.25, -0.2) is 13.4 Å². The molecule has 3 aromatic rings. The molecule has 0 aliphatic rings. The molecule has 0 bridgehead atoms. The summed E-state index contributed by atoms with van der Waals surface area (Å²) in [5.41, 5.74) is 1.77. The third-order valence-electron chi connectivity index (χ3n) is 3.66. The van der Waals surface area contributed by atoms with Crippen molar-refractivity contribution in [1.29, 1.82) is 0 Å². The molecule has 0 saturated heterocycles. The van der Waals surface area contributed by atoms with Gasteiger partial charge >= 0.3 is 0 Å². The van der Waals surface area contributed by atoms with Gasteiger partial charge in [0.1, 0.15) is 11.5 Å². The number of imidazole rings is 1. The van der Waals surface area contributed by atoms with Gasteiger partial charge in [0.25, 0.3) is 10.0 Å².